The summed E-state index contributed by atoms with van der Waals surface area (Å²) in [5, 5.41) is 26.5. The van der Waals surface area contributed by atoms with Crippen molar-refractivity contribution in [2.45, 2.75) is 63.7 Å². The summed E-state index contributed by atoms with van der Waals surface area (Å²) in [5.41, 5.74) is 0.344. The van der Waals surface area contributed by atoms with E-state index in [0.29, 0.717) is 24.1 Å². The molecule has 1 atom stereocenters. The van der Waals surface area contributed by atoms with Crippen LogP contribution in [0.1, 0.15) is 69.3 Å². The number of nitro groups is 2. The second kappa shape index (κ2) is 8.90. The van der Waals surface area contributed by atoms with Gasteiger partial charge in [0.25, 0.3) is 11.4 Å². The number of hydrogen-bond acceptors (Lipinski definition) is 7. The first-order valence-corrected chi connectivity index (χ1v) is 9.67. The minimum Gasteiger partial charge on any atom is -0.318 e. The Balaban J connectivity index is 1.83. The Morgan fingerprint density at radius 2 is 1.71 bits per heavy atom. The van der Waals surface area contributed by atoms with Gasteiger partial charge in [-0.2, -0.15) is 0 Å². The van der Waals surface area contributed by atoms with Crippen LogP contribution in [-0.4, -0.2) is 21.5 Å². The Labute approximate surface area is 162 Å². The van der Waals surface area contributed by atoms with E-state index >= 15 is 0 Å². The molecule has 0 radical (unpaired) electrons. The molecule has 0 amide bonds. The van der Waals surface area contributed by atoms with Crippen molar-refractivity contribution in [3.8, 4) is 0 Å². The molecule has 1 unspecified atom stereocenters. The lowest BCUT2D eigenvalue weighted by atomic mass is 9.81. The second-order valence-electron chi connectivity index (χ2n) is 7.38. The molecule has 2 aliphatic rings. The van der Waals surface area contributed by atoms with E-state index in [2.05, 4.69) is 5.16 Å². The maximum atomic E-state index is 12.3. The predicted molar refractivity (Wildman–Crippen MR) is 101 cm³/mol. The van der Waals surface area contributed by atoms with Gasteiger partial charge in [-0.05, 0) is 38.2 Å². The van der Waals surface area contributed by atoms with E-state index in [4.69, 9.17) is 4.84 Å². The van der Waals surface area contributed by atoms with Crippen LogP contribution in [0.15, 0.2) is 23.4 Å². The van der Waals surface area contributed by atoms with Crippen molar-refractivity contribution in [3.05, 3.63) is 44.0 Å². The van der Waals surface area contributed by atoms with E-state index in [1.807, 2.05) is 0 Å². The van der Waals surface area contributed by atoms with Gasteiger partial charge in [-0.1, -0.05) is 30.8 Å². The lowest BCUT2D eigenvalue weighted by Crippen LogP contribution is -2.22. The number of nitro benzene ring substituents is 2. The molecule has 150 valence electrons. The Hall–Kier alpha value is -2.84. The molecule has 0 heterocycles. The maximum absolute atomic E-state index is 12.3. The van der Waals surface area contributed by atoms with Crippen LogP contribution in [0.2, 0.25) is 0 Å². The van der Waals surface area contributed by atoms with Gasteiger partial charge in [0.1, 0.15) is 0 Å². The molecule has 0 N–H and O–H groups in total. The van der Waals surface area contributed by atoms with Crippen molar-refractivity contribution >= 4 is 23.1 Å². The molecule has 0 spiro atoms. The summed E-state index contributed by atoms with van der Waals surface area (Å²) in [6, 6.07) is 3.67. The monoisotopic (exact) mass is 389 g/mol. The first-order valence-electron chi connectivity index (χ1n) is 9.67. The number of carbonyl (C=O) groups excluding carboxylic acids is 1. The smallest absolute Gasteiger partial charge is 0.318 e. The third-order valence-corrected chi connectivity index (χ3v) is 5.57. The highest BCUT2D eigenvalue weighted by Crippen LogP contribution is 2.38. The lowest BCUT2D eigenvalue weighted by molar-refractivity contribution is -0.394. The van der Waals surface area contributed by atoms with Crippen LogP contribution in [0.25, 0.3) is 0 Å². The van der Waals surface area contributed by atoms with Crippen LogP contribution in [0.4, 0.5) is 11.4 Å². The number of benzene rings is 1. The fourth-order valence-electron chi connectivity index (χ4n) is 4.05. The number of carbonyl (C=O) groups is 1. The van der Waals surface area contributed by atoms with Gasteiger partial charge >= 0.3 is 5.97 Å². The van der Waals surface area contributed by atoms with Crippen LogP contribution in [0.5, 0.6) is 0 Å². The van der Waals surface area contributed by atoms with Crippen molar-refractivity contribution in [1.29, 1.82) is 0 Å². The van der Waals surface area contributed by atoms with Gasteiger partial charge in [-0.15, -0.1) is 0 Å². The van der Waals surface area contributed by atoms with E-state index in [-0.39, 0.29) is 29.2 Å². The molecule has 3 rings (SSSR count). The van der Waals surface area contributed by atoms with Crippen LogP contribution >= 0.6 is 0 Å². The third-order valence-electron chi connectivity index (χ3n) is 5.57. The van der Waals surface area contributed by atoms with Gasteiger partial charge in [0.2, 0.25) is 0 Å². The number of rotatable bonds is 5. The molecule has 0 saturated heterocycles. The molecule has 9 heteroatoms. The molecule has 0 aromatic heterocycles. The summed E-state index contributed by atoms with van der Waals surface area (Å²) in [4.78, 5) is 38.6. The van der Waals surface area contributed by atoms with E-state index in [1.165, 1.54) is 12.1 Å². The number of hydrogen-bond donors (Lipinski definition) is 0. The van der Waals surface area contributed by atoms with Crippen LogP contribution in [0.3, 0.4) is 0 Å². The van der Waals surface area contributed by atoms with Gasteiger partial charge in [0.05, 0.1) is 27.5 Å². The average Bonchev–Trinajstić information content (AvgIpc) is 2.72. The highest BCUT2D eigenvalue weighted by molar-refractivity contribution is 5.92. The first-order chi connectivity index (χ1) is 13.5. The summed E-state index contributed by atoms with van der Waals surface area (Å²) >= 11 is 0. The molecule has 2 aliphatic carbocycles. The van der Waals surface area contributed by atoms with Crippen molar-refractivity contribution in [3.63, 3.8) is 0 Å². The normalized spacial score (nSPS) is 22.0. The maximum Gasteiger partial charge on any atom is 0.338 e. The van der Waals surface area contributed by atoms with E-state index in [1.54, 1.807) is 0 Å². The zero-order chi connectivity index (χ0) is 20.1. The Morgan fingerprint density at radius 1 is 1.00 bits per heavy atom. The molecule has 9 nitrogen and oxygen atoms in total. The highest BCUT2D eigenvalue weighted by atomic mass is 16.7. The summed E-state index contributed by atoms with van der Waals surface area (Å²) in [5.74, 6) is -0.849. The molecule has 2 saturated carbocycles. The summed E-state index contributed by atoms with van der Waals surface area (Å²) < 4.78 is 0. The molecule has 0 bridgehead atoms. The highest BCUT2D eigenvalue weighted by Gasteiger charge is 2.31. The SMILES string of the molecule is O=C(O/N=C1/CCCCC1c1ccc([N+](=O)[O-])cc1[N+](=O)[O-])C1CCCCC1. The number of nitrogens with zero attached hydrogens (tertiary/aromatic N) is 3. The van der Waals surface area contributed by atoms with Gasteiger partial charge in [-0.25, -0.2) is 4.79 Å². The van der Waals surface area contributed by atoms with Crippen LogP contribution in [0, 0.1) is 26.1 Å². The molecular formula is C19H23N3O6. The third kappa shape index (κ3) is 4.52. The van der Waals surface area contributed by atoms with E-state index < -0.39 is 9.85 Å². The largest absolute Gasteiger partial charge is 0.338 e. The number of non-ortho nitro benzene ring substituents is 1. The summed E-state index contributed by atoms with van der Waals surface area (Å²) in [7, 11) is 0. The molecule has 28 heavy (non-hydrogen) atoms. The predicted octanol–water partition coefficient (Wildman–Crippen LogP) is 4.64. The summed E-state index contributed by atoms with van der Waals surface area (Å²) in [6.07, 6.45) is 7.68. The minimum atomic E-state index is -0.654. The molecular weight excluding hydrogens is 366 g/mol. The average molecular weight is 389 g/mol. The zero-order valence-electron chi connectivity index (χ0n) is 15.5. The zero-order valence-corrected chi connectivity index (χ0v) is 15.5. The van der Waals surface area contributed by atoms with Gasteiger partial charge < -0.3 is 4.84 Å². The Morgan fingerprint density at radius 3 is 2.39 bits per heavy atom. The van der Waals surface area contributed by atoms with Crippen molar-refractivity contribution in [2.75, 3.05) is 0 Å². The molecule has 2 fully saturated rings. The van der Waals surface area contributed by atoms with Crippen LogP contribution in [-0.2, 0) is 9.63 Å². The lowest BCUT2D eigenvalue weighted by Gasteiger charge is -2.24. The topological polar surface area (TPSA) is 125 Å². The van der Waals surface area contributed by atoms with E-state index in [0.717, 1.165) is 51.0 Å². The molecule has 0 aliphatic heterocycles. The standard InChI is InChI=1S/C19H23N3O6/c23-19(13-6-2-1-3-7-13)28-20-17-9-5-4-8-15(17)16-11-10-14(21(24)25)12-18(16)22(26)27/h10-13,15H,1-9H2/b20-17-. The first kappa shape index (κ1) is 19.9. The quantitative estimate of drug-likeness (QED) is 0.410. The second-order valence-corrected chi connectivity index (χ2v) is 7.38. The molecule has 1 aromatic carbocycles. The summed E-state index contributed by atoms with van der Waals surface area (Å²) in [6.45, 7) is 0. The fraction of sp³-hybridized carbons (Fsp3) is 0.579. The van der Waals surface area contributed by atoms with Gasteiger partial charge in [-0.3, -0.25) is 20.2 Å². The van der Waals surface area contributed by atoms with Crippen molar-refractivity contribution < 1.29 is 19.5 Å². The fourth-order valence-corrected chi connectivity index (χ4v) is 4.05. The molecule has 1 aromatic rings. The Kier molecular flexibility index (Phi) is 6.33. The van der Waals surface area contributed by atoms with Crippen molar-refractivity contribution in [2.24, 2.45) is 11.1 Å². The minimum absolute atomic E-state index is 0.131. The van der Waals surface area contributed by atoms with Crippen molar-refractivity contribution in [1.82, 2.24) is 0 Å². The van der Waals surface area contributed by atoms with E-state index in [9.17, 15) is 25.0 Å². The Bertz CT molecular complexity index is 801. The van der Waals surface area contributed by atoms with Gasteiger partial charge in [0, 0.05) is 17.5 Å². The van der Waals surface area contributed by atoms with Gasteiger partial charge in [0.15, 0.2) is 0 Å². The van der Waals surface area contributed by atoms with Crippen LogP contribution < -0.4 is 0 Å². The number of oxime groups is 1.